The first-order valence-electron chi connectivity index (χ1n) is 27.8. The minimum Gasteiger partial charge on any atom is -0.394 e. The SMILES string of the molecule is CCCCCCCCCCCCCCCCCCCCCCCCCC(=O)N[C@@H](COC1OC(CO)C(O)C(O)C1O)[C@H](O)[C@H](O)CCCCCCCCCCCCCCCCCC. The molecule has 1 aliphatic rings. The van der Waals surface area contributed by atoms with Crippen molar-refractivity contribution in [2.24, 2.45) is 0 Å². The summed E-state index contributed by atoms with van der Waals surface area (Å²) in [5.74, 6) is -0.250. The first-order chi connectivity index (χ1) is 31.3. The zero-order valence-corrected chi connectivity index (χ0v) is 41.9. The maximum absolute atomic E-state index is 13.1. The Labute approximate surface area is 394 Å². The van der Waals surface area contributed by atoms with Gasteiger partial charge in [-0.1, -0.05) is 258 Å². The van der Waals surface area contributed by atoms with Crippen molar-refractivity contribution in [3.05, 3.63) is 0 Å². The molecule has 1 aliphatic heterocycles. The van der Waals surface area contributed by atoms with Crippen LogP contribution < -0.4 is 5.32 Å². The second-order valence-corrected chi connectivity index (χ2v) is 19.9. The third-order valence-electron chi connectivity index (χ3n) is 13.8. The summed E-state index contributed by atoms with van der Waals surface area (Å²) in [5, 5.41) is 65.5. The lowest BCUT2D eigenvalue weighted by atomic mass is 9.98. The molecule has 1 rings (SSSR count). The van der Waals surface area contributed by atoms with Crippen LogP contribution >= 0.6 is 0 Å². The molecule has 0 bridgehead atoms. The second kappa shape index (κ2) is 44.6. The van der Waals surface area contributed by atoms with E-state index >= 15 is 0 Å². The maximum atomic E-state index is 13.1. The first-order valence-corrected chi connectivity index (χ1v) is 27.8. The molecule has 1 fully saturated rings. The highest BCUT2D eigenvalue weighted by Crippen LogP contribution is 2.23. The van der Waals surface area contributed by atoms with E-state index in [9.17, 15) is 35.4 Å². The standard InChI is InChI=1S/C54H107NO9/c1-3-5-7-9-11-13-15-17-19-21-22-23-24-25-26-27-29-31-33-35-37-39-41-43-49(58)55-46(45-63-54-53(62)52(61)51(60)48(44-56)64-54)50(59)47(57)42-40-38-36-34-32-30-28-20-18-16-14-12-10-8-6-4-2/h46-48,50-54,56-57,59-62H,3-45H2,1-2H3,(H,55,58)/t46-,47+,48?,50-,51?,52?,53?,54?/m0/s1. The minimum atomic E-state index is -1.60. The van der Waals surface area contributed by atoms with Gasteiger partial charge in [-0.25, -0.2) is 0 Å². The number of carbonyl (C=O) groups is 1. The first kappa shape index (κ1) is 61.2. The summed E-state index contributed by atoms with van der Waals surface area (Å²) < 4.78 is 11.2. The molecule has 0 aromatic rings. The van der Waals surface area contributed by atoms with Crippen molar-refractivity contribution in [3.8, 4) is 0 Å². The number of amides is 1. The largest absolute Gasteiger partial charge is 0.394 e. The van der Waals surface area contributed by atoms with E-state index in [0.29, 0.717) is 6.42 Å². The summed E-state index contributed by atoms with van der Waals surface area (Å²) in [6.07, 6.45) is 41.1. The molecule has 382 valence electrons. The molecule has 10 nitrogen and oxygen atoms in total. The predicted octanol–water partition coefficient (Wildman–Crippen LogP) is 12.0. The third-order valence-corrected chi connectivity index (χ3v) is 13.8. The lowest BCUT2D eigenvalue weighted by Crippen LogP contribution is -2.60. The monoisotopic (exact) mass is 914 g/mol. The van der Waals surface area contributed by atoms with Crippen molar-refractivity contribution in [3.63, 3.8) is 0 Å². The number of hydrogen-bond acceptors (Lipinski definition) is 9. The van der Waals surface area contributed by atoms with Gasteiger partial charge >= 0.3 is 0 Å². The Bertz CT molecular complexity index is 988. The molecule has 8 atom stereocenters. The van der Waals surface area contributed by atoms with Crippen molar-refractivity contribution < 1.29 is 44.9 Å². The number of aliphatic hydroxyl groups is 6. The topological polar surface area (TPSA) is 169 Å². The summed E-state index contributed by atoms with van der Waals surface area (Å²) in [6.45, 7) is 3.65. The van der Waals surface area contributed by atoms with Crippen LogP contribution in [0.15, 0.2) is 0 Å². The predicted molar refractivity (Wildman–Crippen MR) is 264 cm³/mol. The van der Waals surface area contributed by atoms with E-state index in [1.54, 1.807) is 0 Å². The van der Waals surface area contributed by atoms with Crippen LogP contribution in [0, 0.1) is 0 Å². The summed E-state index contributed by atoms with van der Waals surface area (Å²) in [6, 6.07) is -0.986. The molecule has 5 unspecified atom stereocenters. The van der Waals surface area contributed by atoms with Crippen LogP contribution in [0.25, 0.3) is 0 Å². The molecule has 0 aromatic heterocycles. The van der Waals surface area contributed by atoms with Crippen LogP contribution in [0.2, 0.25) is 0 Å². The number of rotatable bonds is 48. The van der Waals surface area contributed by atoms with Crippen LogP contribution in [0.1, 0.15) is 277 Å². The van der Waals surface area contributed by atoms with Gasteiger partial charge in [0.2, 0.25) is 5.91 Å². The molecule has 10 heteroatoms. The van der Waals surface area contributed by atoms with E-state index in [4.69, 9.17) is 9.47 Å². The lowest BCUT2D eigenvalue weighted by molar-refractivity contribution is -0.303. The minimum absolute atomic E-state index is 0.250. The highest BCUT2D eigenvalue weighted by atomic mass is 16.7. The molecule has 64 heavy (non-hydrogen) atoms. The van der Waals surface area contributed by atoms with Gasteiger partial charge in [-0.2, -0.15) is 0 Å². The van der Waals surface area contributed by atoms with Crippen molar-refractivity contribution in [2.75, 3.05) is 13.2 Å². The second-order valence-electron chi connectivity index (χ2n) is 19.9. The molecule has 0 aromatic carbocycles. The van der Waals surface area contributed by atoms with Crippen molar-refractivity contribution in [1.82, 2.24) is 5.32 Å². The summed E-state index contributed by atoms with van der Waals surface area (Å²) in [7, 11) is 0. The number of hydrogen-bond donors (Lipinski definition) is 7. The average molecular weight is 914 g/mol. The van der Waals surface area contributed by atoms with Gasteiger partial charge in [0, 0.05) is 6.42 Å². The van der Waals surface area contributed by atoms with Gasteiger partial charge in [-0.3, -0.25) is 4.79 Å². The van der Waals surface area contributed by atoms with Crippen molar-refractivity contribution in [2.45, 2.75) is 326 Å². The normalized spacial score (nSPS) is 20.4. The molecule has 0 aliphatic carbocycles. The molecule has 0 saturated carbocycles. The Morgan fingerprint density at radius 1 is 0.484 bits per heavy atom. The number of carbonyl (C=O) groups excluding carboxylic acids is 1. The van der Waals surface area contributed by atoms with Crippen LogP contribution in [-0.2, 0) is 14.3 Å². The Morgan fingerprint density at radius 3 is 1.16 bits per heavy atom. The van der Waals surface area contributed by atoms with Crippen LogP contribution in [0.3, 0.4) is 0 Å². The Balaban J connectivity index is 2.26. The molecular weight excluding hydrogens is 807 g/mol. The van der Waals surface area contributed by atoms with Crippen LogP contribution in [0.5, 0.6) is 0 Å². The van der Waals surface area contributed by atoms with E-state index in [-0.39, 0.29) is 18.9 Å². The van der Waals surface area contributed by atoms with Gasteiger partial charge in [-0.15, -0.1) is 0 Å². The quantitative estimate of drug-likeness (QED) is 0.0294. The highest BCUT2D eigenvalue weighted by Gasteiger charge is 2.44. The van der Waals surface area contributed by atoms with Crippen molar-refractivity contribution >= 4 is 5.91 Å². The molecule has 1 amide bonds. The molecule has 1 heterocycles. The zero-order valence-electron chi connectivity index (χ0n) is 41.9. The van der Waals surface area contributed by atoms with Crippen molar-refractivity contribution in [1.29, 1.82) is 0 Å². The van der Waals surface area contributed by atoms with Crippen LogP contribution in [0.4, 0.5) is 0 Å². The van der Waals surface area contributed by atoms with E-state index < -0.39 is 55.6 Å². The highest BCUT2D eigenvalue weighted by molar-refractivity contribution is 5.76. The van der Waals surface area contributed by atoms with Gasteiger partial charge in [0.05, 0.1) is 25.4 Å². The number of aliphatic hydroxyl groups excluding tert-OH is 6. The number of unbranched alkanes of at least 4 members (excludes halogenated alkanes) is 37. The lowest BCUT2D eigenvalue weighted by Gasteiger charge is -2.40. The van der Waals surface area contributed by atoms with Gasteiger partial charge in [-0.05, 0) is 12.8 Å². The summed E-state index contributed by atoms with van der Waals surface area (Å²) in [4.78, 5) is 13.1. The number of ether oxygens (including phenoxy) is 2. The molecule has 1 saturated heterocycles. The smallest absolute Gasteiger partial charge is 0.220 e. The van der Waals surface area contributed by atoms with E-state index in [0.717, 1.165) is 38.5 Å². The van der Waals surface area contributed by atoms with E-state index in [1.165, 1.54) is 212 Å². The summed E-state index contributed by atoms with van der Waals surface area (Å²) >= 11 is 0. The van der Waals surface area contributed by atoms with Gasteiger partial charge in [0.15, 0.2) is 6.29 Å². The molecule has 7 N–H and O–H groups in total. The maximum Gasteiger partial charge on any atom is 0.220 e. The fourth-order valence-electron chi connectivity index (χ4n) is 9.32. The Kier molecular flexibility index (Phi) is 42.7. The van der Waals surface area contributed by atoms with E-state index in [2.05, 4.69) is 19.2 Å². The average Bonchev–Trinajstić information content (AvgIpc) is 3.29. The van der Waals surface area contributed by atoms with Crippen LogP contribution in [-0.4, -0.2) is 98.7 Å². The third kappa shape index (κ3) is 33.6. The van der Waals surface area contributed by atoms with Gasteiger partial charge in [0.1, 0.15) is 30.5 Å². The molecular formula is C54H107NO9. The zero-order chi connectivity index (χ0) is 46.7. The fraction of sp³-hybridized carbons (Fsp3) is 0.981. The van der Waals surface area contributed by atoms with E-state index in [1.807, 2.05) is 0 Å². The Hall–Kier alpha value is -0.850. The summed E-state index contributed by atoms with van der Waals surface area (Å²) in [5.41, 5.74) is 0. The number of nitrogens with one attached hydrogen (secondary N) is 1. The molecule has 0 spiro atoms. The Morgan fingerprint density at radius 2 is 0.812 bits per heavy atom. The van der Waals surface area contributed by atoms with Gasteiger partial charge in [0.25, 0.3) is 0 Å². The van der Waals surface area contributed by atoms with Gasteiger partial charge < -0.3 is 45.4 Å². The fourth-order valence-corrected chi connectivity index (χ4v) is 9.32. The molecule has 0 radical (unpaired) electrons.